The van der Waals surface area contributed by atoms with Gasteiger partial charge in [0.15, 0.2) is 11.5 Å². The van der Waals surface area contributed by atoms with Crippen molar-refractivity contribution in [3.63, 3.8) is 0 Å². The first-order chi connectivity index (χ1) is 10.4. The molecule has 0 aliphatic heterocycles. The molecule has 0 atom stereocenters. The molecule has 2 rings (SSSR count). The van der Waals surface area contributed by atoms with Gasteiger partial charge in [0.2, 0.25) is 0 Å². The second-order valence-corrected chi connectivity index (χ2v) is 5.74. The number of hydrogen-bond donors (Lipinski definition) is 0. The first-order valence-corrected chi connectivity index (χ1v) is 6.85. The summed E-state index contributed by atoms with van der Waals surface area (Å²) in [4.78, 5) is 15.3. The van der Waals surface area contributed by atoms with Crippen LogP contribution in [0.1, 0.15) is 31.4 Å². The highest BCUT2D eigenvalue weighted by atomic mass is 16.5. The van der Waals surface area contributed by atoms with Crippen LogP contribution in [0.5, 0.6) is 11.5 Å². The molecule has 1 aromatic rings. The second kappa shape index (κ2) is 5.72. The van der Waals surface area contributed by atoms with Gasteiger partial charge in [0.1, 0.15) is 0 Å². The summed E-state index contributed by atoms with van der Waals surface area (Å²) in [6.45, 7) is 11.5. The van der Waals surface area contributed by atoms with E-state index < -0.39 is 5.97 Å². The van der Waals surface area contributed by atoms with E-state index in [1.165, 1.54) is 7.11 Å². The molecule has 0 bridgehead atoms. The van der Waals surface area contributed by atoms with Crippen molar-refractivity contribution in [3.8, 4) is 11.5 Å². The Morgan fingerprint density at radius 1 is 1.18 bits per heavy atom. The average Bonchev–Trinajstić information content (AvgIpc) is 2.77. The highest BCUT2D eigenvalue weighted by molar-refractivity contribution is 6.01. The molecule has 0 radical (unpaired) electrons. The molecule has 0 saturated heterocycles. The van der Waals surface area contributed by atoms with E-state index in [-0.39, 0.29) is 11.1 Å². The third-order valence-corrected chi connectivity index (χ3v) is 3.97. The number of esters is 1. The molecule has 116 valence electrons. The van der Waals surface area contributed by atoms with Gasteiger partial charge in [0.25, 0.3) is 5.70 Å². The second-order valence-electron chi connectivity index (χ2n) is 5.74. The molecule has 0 fully saturated rings. The number of methoxy groups -OCH3 is 3. The van der Waals surface area contributed by atoms with E-state index in [1.54, 1.807) is 14.2 Å². The molecule has 0 N–H and O–H groups in total. The first kappa shape index (κ1) is 15.9. The normalized spacial score (nSPS) is 17.3. The largest absolute Gasteiger partial charge is 0.493 e. The molecule has 0 amide bonds. The van der Waals surface area contributed by atoms with Crippen LogP contribution < -0.4 is 9.47 Å². The Morgan fingerprint density at radius 2 is 1.77 bits per heavy atom. The average molecular weight is 301 g/mol. The monoisotopic (exact) mass is 301 g/mol. The van der Waals surface area contributed by atoms with E-state index in [1.807, 2.05) is 12.1 Å². The summed E-state index contributed by atoms with van der Waals surface area (Å²) >= 11 is 0. The van der Waals surface area contributed by atoms with E-state index in [2.05, 4.69) is 18.7 Å². The van der Waals surface area contributed by atoms with Crippen LogP contribution >= 0.6 is 0 Å². The lowest BCUT2D eigenvalue weighted by atomic mass is 9.86. The number of benzene rings is 1. The molecule has 5 heteroatoms. The van der Waals surface area contributed by atoms with Crippen LogP contribution in [0.4, 0.5) is 0 Å². The summed E-state index contributed by atoms with van der Waals surface area (Å²) in [6, 6.07) is 3.74. The quantitative estimate of drug-likeness (QED) is 0.489. The van der Waals surface area contributed by atoms with E-state index in [0.29, 0.717) is 23.5 Å². The number of fused-ring (bicyclic) bond motifs is 1. The Morgan fingerprint density at radius 3 is 2.27 bits per heavy atom. The van der Waals surface area contributed by atoms with Crippen molar-refractivity contribution in [2.24, 2.45) is 0 Å². The van der Waals surface area contributed by atoms with E-state index in [9.17, 15) is 4.79 Å². The Bertz CT molecular complexity index is 695. The molecule has 0 saturated carbocycles. The Kier molecular flexibility index (Phi) is 4.14. The van der Waals surface area contributed by atoms with Crippen LogP contribution in [0, 0.1) is 6.57 Å². The van der Waals surface area contributed by atoms with Gasteiger partial charge in [-0.3, -0.25) is 4.79 Å². The number of nitrogens with zero attached hydrogens (tertiary/aromatic N) is 1. The molecule has 0 unspecified atom stereocenters. The van der Waals surface area contributed by atoms with Crippen LogP contribution in [0.2, 0.25) is 0 Å². The molecule has 0 heterocycles. The van der Waals surface area contributed by atoms with Crippen LogP contribution in [-0.2, 0) is 14.9 Å². The minimum Gasteiger partial charge on any atom is -0.493 e. The number of carbonyl (C=O) groups is 1. The molecule has 5 nitrogen and oxygen atoms in total. The zero-order chi connectivity index (χ0) is 16.5. The van der Waals surface area contributed by atoms with Gasteiger partial charge in [-0.05, 0) is 40.7 Å². The highest BCUT2D eigenvalue weighted by Crippen LogP contribution is 2.50. The maximum atomic E-state index is 11.9. The van der Waals surface area contributed by atoms with Gasteiger partial charge < -0.3 is 14.2 Å². The maximum absolute atomic E-state index is 11.9. The Hall–Kier alpha value is -2.48. The zero-order valence-corrected chi connectivity index (χ0v) is 13.4. The van der Waals surface area contributed by atoms with Crippen LogP contribution in [0.15, 0.2) is 17.8 Å². The van der Waals surface area contributed by atoms with Gasteiger partial charge in [-0.25, -0.2) is 4.85 Å². The number of hydrogen-bond acceptors (Lipinski definition) is 4. The van der Waals surface area contributed by atoms with Crippen LogP contribution in [0.3, 0.4) is 0 Å². The Balaban J connectivity index is 2.76. The lowest BCUT2D eigenvalue weighted by Gasteiger charge is -2.19. The minimum absolute atomic E-state index is 0.0292. The SMILES string of the molecule is [C-]#[N+]/C(C(=O)OC)=C1/CC(C)(C)c2cc(OC)c(OC)cc21. The predicted octanol–water partition coefficient (Wildman–Crippen LogP) is 3.19. The van der Waals surface area contributed by atoms with Gasteiger partial charge in [-0.15, -0.1) is 0 Å². The summed E-state index contributed by atoms with van der Waals surface area (Å²) in [5.74, 6) is 0.604. The topological polar surface area (TPSA) is 49.1 Å². The van der Waals surface area contributed by atoms with Crippen molar-refractivity contribution in [1.82, 2.24) is 0 Å². The first-order valence-electron chi connectivity index (χ1n) is 6.85. The fourth-order valence-electron chi connectivity index (χ4n) is 2.87. The molecule has 22 heavy (non-hydrogen) atoms. The summed E-state index contributed by atoms with van der Waals surface area (Å²) in [5, 5.41) is 0. The molecule has 0 spiro atoms. The maximum Gasteiger partial charge on any atom is 0.336 e. The van der Waals surface area contributed by atoms with Crippen molar-refractivity contribution in [1.29, 1.82) is 0 Å². The van der Waals surface area contributed by atoms with Crippen molar-refractivity contribution in [3.05, 3.63) is 40.4 Å². The fourth-order valence-corrected chi connectivity index (χ4v) is 2.87. The van der Waals surface area contributed by atoms with Gasteiger partial charge in [0.05, 0.1) is 27.9 Å². The van der Waals surface area contributed by atoms with Crippen molar-refractivity contribution >= 4 is 11.5 Å². The fraction of sp³-hybridized carbons (Fsp3) is 0.412. The highest BCUT2D eigenvalue weighted by Gasteiger charge is 2.37. The van der Waals surface area contributed by atoms with Gasteiger partial charge in [-0.1, -0.05) is 13.8 Å². The molecular formula is C17H19NO4. The minimum atomic E-state index is -0.608. The predicted molar refractivity (Wildman–Crippen MR) is 82.7 cm³/mol. The van der Waals surface area contributed by atoms with E-state index in [0.717, 1.165) is 11.1 Å². The van der Waals surface area contributed by atoms with Gasteiger partial charge in [0, 0.05) is 0 Å². The van der Waals surface area contributed by atoms with Crippen LogP contribution in [-0.4, -0.2) is 27.3 Å². The van der Waals surface area contributed by atoms with Gasteiger partial charge >= 0.3 is 5.97 Å². The molecule has 1 aromatic carbocycles. The Labute approximate surface area is 130 Å². The van der Waals surface area contributed by atoms with Crippen molar-refractivity contribution in [2.45, 2.75) is 25.7 Å². The zero-order valence-electron chi connectivity index (χ0n) is 13.4. The summed E-state index contributed by atoms with van der Waals surface area (Å²) in [6.07, 6.45) is 0.589. The molecule has 1 aliphatic rings. The van der Waals surface area contributed by atoms with E-state index >= 15 is 0 Å². The molecule has 0 aromatic heterocycles. The summed E-state index contributed by atoms with van der Waals surface area (Å²) < 4.78 is 15.4. The van der Waals surface area contributed by atoms with Crippen molar-refractivity contribution < 1.29 is 19.0 Å². The number of allylic oxidation sites excluding steroid dienone is 1. The third-order valence-electron chi connectivity index (χ3n) is 3.97. The smallest absolute Gasteiger partial charge is 0.336 e. The third kappa shape index (κ3) is 2.41. The van der Waals surface area contributed by atoms with Crippen LogP contribution in [0.25, 0.3) is 10.4 Å². The number of carbonyl (C=O) groups excluding carboxylic acids is 1. The van der Waals surface area contributed by atoms with E-state index in [4.69, 9.17) is 20.8 Å². The lowest BCUT2D eigenvalue weighted by molar-refractivity contribution is -0.135. The molecular weight excluding hydrogens is 282 g/mol. The van der Waals surface area contributed by atoms with Crippen molar-refractivity contribution in [2.75, 3.05) is 21.3 Å². The summed E-state index contributed by atoms with van der Waals surface area (Å²) in [7, 11) is 4.43. The molecule has 1 aliphatic carbocycles. The lowest BCUT2D eigenvalue weighted by Crippen LogP contribution is -2.12. The number of rotatable bonds is 3. The van der Waals surface area contributed by atoms with Gasteiger partial charge in [-0.2, -0.15) is 0 Å². The summed E-state index contributed by atoms with van der Waals surface area (Å²) in [5.41, 5.74) is 2.40. The standard InChI is InChI=1S/C17H19NO4/c1-17(2)9-11(15(18-3)16(19)22-6)10-7-13(20-4)14(21-5)8-12(10)17/h7-8H,9H2,1-2,4-6H3/b15-11-. The number of ether oxygens (including phenoxy) is 3.